The van der Waals surface area contributed by atoms with Crippen molar-refractivity contribution in [1.82, 2.24) is 14.9 Å². The maximum absolute atomic E-state index is 13.1. The summed E-state index contributed by atoms with van der Waals surface area (Å²) in [6.45, 7) is 2.66. The number of nitrogens with zero attached hydrogens (tertiary/aromatic N) is 2. The molecule has 1 fully saturated rings. The Morgan fingerprint density at radius 3 is 2.93 bits per heavy atom. The largest absolute Gasteiger partial charge is 0.340 e. The number of halogens is 2. The molecule has 4 nitrogen and oxygen atoms in total. The maximum atomic E-state index is 13.1. The summed E-state index contributed by atoms with van der Waals surface area (Å²) in [6.07, 6.45) is 1.89. The molecule has 0 aliphatic carbocycles. The Kier molecular flexibility index (Phi) is 5.35. The van der Waals surface area contributed by atoms with Crippen LogP contribution < -0.4 is 0 Å². The highest BCUT2D eigenvalue weighted by atomic mass is 35.5. The fourth-order valence-electron chi connectivity index (χ4n) is 3.49. The van der Waals surface area contributed by atoms with Gasteiger partial charge in [0.15, 0.2) is 0 Å². The molecule has 27 heavy (non-hydrogen) atoms. The van der Waals surface area contributed by atoms with Crippen molar-refractivity contribution >= 4 is 51.9 Å². The average molecular weight is 420 g/mol. The Bertz CT molecular complexity index is 957. The summed E-state index contributed by atoms with van der Waals surface area (Å²) in [6, 6.07) is 13.2. The number of fused-ring (bicyclic) bond motifs is 1. The van der Waals surface area contributed by atoms with E-state index < -0.39 is 0 Å². The number of hydrogen-bond donors (Lipinski definition) is 1. The fraction of sp³-hybridized carbons (Fsp3) is 0.300. The molecule has 3 aromatic rings. The number of amides is 1. The van der Waals surface area contributed by atoms with Gasteiger partial charge in [0.2, 0.25) is 5.91 Å². The molecule has 2 aromatic carbocycles. The average Bonchev–Trinajstić information content (AvgIpc) is 3.30. The van der Waals surface area contributed by atoms with Crippen LogP contribution in [0.3, 0.4) is 0 Å². The lowest BCUT2D eigenvalue weighted by atomic mass is 10.2. The summed E-state index contributed by atoms with van der Waals surface area (Å²) >= 11 is 13.8. The molecule has 7 heteroatoms. The number of aromatic amines is 1. The molecule has 1 N–H and O–H groups in total. The number of carbonyl (C=O) groups is 1. The van der Waals surface area contributed by atoms with Gasteiger partial charge in [-0.05, 0) is 50.1 Å². The van der Waals surface area contributed by atoms with Crippen LogP contribution in [0.2, 0.25) is 10.0 Å². The number of benzene rings is 2. The molecule has 1 aromatic heterocycles. The summed E-state index contributed by atoms with van der Waals surface area (Å²) in [7, 11) is 0. The molecule has 1 amide bonds. The summed E-state index contributed by atoms with van der Waals surface area (Å²) in [5.41, 5.74) is 1.93. The lowest BCUT2D eigenvalue weighted by Crippen LogP contribution is -2.36. The first-order valence-corrected chi connectivity index (χ1v) is 10.5. The molecule has 2 atom stereocenters. The highest BCUT2D eigenvalue weighted by Crippen LogP contribution is 2.37. The number of thioether (sulfide) groups is 1. The van der Waals surface area contributed by atoms with E-state index in [2.05, 4.69) is 4.98 Å². The molecular formula is C20H19Cl2N3OS. The van der Waals surface area contributed by atoms with Gasteiger partial charge in [0.1, 0.15) is 5.82 Å². The van der Waals surface area contributed by atoms with E-state index in [1.165, 1.54) is 11.8 Å². The number of aromatic nitrogens is 2. The van der Waals surface area contributed by atoms with E-state index in [-0.39, 0.29) is 17.2 Å². The van der Waals surface area contributed by atoms with Gasteiger partial charge in [-0.2, -0.15) is 0 Å². The van der Waals surface area contributed by atoms with Crippen LogP contribution in [0.25, 0.3) is 11.0 Å². The van der Waals surface area contributed by atoms with E-state index >= 15 is 0 Å². The van der Waals surface area contributed by atoms with Crippen molar-refractivity contribution in [3.05, 3.63) is 58.3 Å². The lowest BCUT2D eigenvalue weighted by molar-refractivity contribution is -0.131. The highest BCUT2D eigenvalue weighted by Gasteiger charge is 2.34. The maximum Gasteiger partial charge on any atom is 0.236 e. The minimum atomic E-state index is -0.258. The first-order chi connectivity index (χ1) is 13.0. The third kappa shape index (κ3) is 3.82. The molecule has 2 unspecified atom stereocenters. The summed E-state index contributed by atoms with van der Waals surface area (Å²) in [5.74, 6) is 0.957. The van der Waals surface area contributed by atoms with Crippen LogP contribution in [0.5, 0.6) is 0 Å². The molecular weight excluding hydrogens is 401 g/mol. The predicted molar refractivity (Wildman–Crippen MR) is 112 cm³/mol. The Balaban J connectivity index is 1.54. The molecule has 2 heterocycles. The van der Waals surface area contributed by atoms with Crippen molar-refractivity contribution in [2.45, 2.75) is 36.0 Å². The van der Waals surface area contributed by atoms with E-state index in [9.17, 15) is 4.79 Å². The minimum Gasteiger partial charge on any atom is -0.340 e. The summed E-state index contributed by atoms with van der Waals surface area (Å²) in [4.78, 5) is 24.0. The predicted octanol–water partition coefficient (Wildman–Crippen LogP) is 5.71. The van der Waals surface area contributed by atoms with E-state index in [4.69, 9.17) is 28.2 Å². The van der Waals surface area contributed by atoms with Crippen molar-refractivity contribution < 1.29 is 4.79 Å². The van der Waals surface area contributed by atoms with Crippen LogP contribution in [-0.2, 0) is 4.79 Å². The number of imidazole rings is 1. The van der Waals surface area contributed by atoms with Gasteiger partial charge in [0.25, 0.3) is 0 Å². The number of nitrogens with one attached hydrogen (secondary N) is 1. The van der Waals surface area contributed by atoms with Crippen molar-refractivity contribution in [3.8, 4) is 0 Å². The number of likely N-dealkylation sites (tertiary alicyclic amines) is 1. The zero-order chi connectivity index (χ0) is 19.0. The number of H-pyrrole nitrogens is 1. The first-order valence-electron chi connectivity index (χ1n) is 8.90. The molecule has 0 spiro atoms. The molecule has 1 aliphatic heterocycles. The van der Waals surface area contributed by atoms with Crippen LogP contribution >= 0.6 is 35.0 Å². The van der Waals surface area contributed by atoms with Crippen LogP contribution in [0.1, 0.15) is 31.6 Å². The first kappa shape index (κ1) is 18.7. The SMILES string of the molecule is CC(Sc1cc(Cl)ccc1Cl)C(=O)N1CCCC1c1nc2ccccc2[nH]1. The molecule has 0 radical (unpaired) electrons. The molecule has 4 rings (SSSR count). The van der Waals surface area contributed by atoms with Gasteiger partial charge >= 0.3 is 0 Å². The molecule has 0 bridgehead atoms. The third-order valence-electron chi connectivity index (χ3n) is 4.80. The Labute approximate surface area is 172 Å². The topological polar surface area (TPSA) is 49.0 Å². The smallest absolute Gasteiger partial charge is 0.236 e. The van der Waals surface area contributed by atoms with Gasteiger partial charge in [-0.1, -0.05) is 35.3 Å². The van der Waals surface area contributed by atoms with Gasteiger partial charge in [-0.15, -0.1) is 11.8 Å². The van der Waals surface area contributed by atoms with E-state index in [0.717, 1.165) is 41.1 Å². The van der Waals surface area contributed by atoms with Gasteiger partial charge in [0.05, 0.1) is 27.3 Å². The molecule has 1 saturated heterocycles. The van der Waals surface area contributed by atoms with E-state index in [1.54, 1.807) is 18.2 Å². The molecule has 0 saturated carbocycles. The highest BCUT2D eigenvalue weighted by molar-refractivity contribution is 8.00. The minimum absolute atomic E-state index is 0.0113. The normalized spacial score (nSPS) is 18.2. The Morgan fingerprint density at radius 1 is 1.30 bits per heavy atom. The number of carbonyl (C=O) groups excluding carboxylic acids is 1. The lowest BCUT2D eigenvalue weighted by Gasteiger charge is -2.26. The van der Waals surface area contributed by atoms with E-state index in [1.807, 2.05) is 36.1 Å². The van der Waals surface area contributed by atoms with Gasteiger partial charge in [-0.3, -0.25) is 4.79 Å². The number of rotatable bonds is 4. The van der Waals surface area contributed by atoms with Gasteiger partial charge < -0.3 is 9.88 Å². The van der Waals surface area contributed by atoms with Crippen molar-refractivity contribution in [3.63, 3.8) is 0 Å². The molecule has 140 valence electrons. The number of hydrogen-bond acceptors (Lipinski definition) is 3. The Morgan fingerprint density at radius 2 is 2.11 bits per heavy atom. The fourth-order valence-corrected chi connectivity index (χ4v) is 4.97. The van der Waals surface area contributed by atoms with Gasteiger partial charge in [0, 0.05) is 16.5 Å². The number of para-hydroxylation sites is 2. The van der Waals surface area contributed by atoms with Gasteiger partial charge in [-0.25, -0.2) is 4.98 Å². The summed E-state index contributed by atoms with van der Waals surface area (Å²) < 4.78 is 0. The quantitative estimate of drug-likeness (QED) is 0.550. The summed E-state index contributed by atoms with van der Waals surface area (Å²) in [5, 5.41) is 0.966. The van der Waals surface area contributed by atoms with Crippen LogP contribution in [0.4, 0.5) is 0 Å². The zero-order valence-electron chi connectivity index (χ0n) is 14.8. The van der Waals surface area contributed by atoms with Crippen molar-refractivity contribution in [2.24, 2.45) is 0 Å². The molecule has 1 aliphatic rings. The second kappa shape index (κ2) is 7.74. The van der Waals surface area contributed by atoms with Crippen LogP contribution in [-0.4, -0.2) is 32.6 Å². The third-order valence-corrected chi connectivity index (χ3v) is 6.63. The van der Waals surface area contributed by atoms with Crippen LogP contribution in [0.15, 0.2) is 47.4 Å². The Hall–Kier alpha value is -1.69. The van der Waals surface area contributed by atoms with Crippen molar-refractivity contribution in [1.29, 1.82) is 0 Å². The van der Waals surface area contributed by atoms with E-state index in [0.29, 0.717) is 10.0 Å². The van der Waals surface area contributed by atoms with Crippen LogP contribution in [0, 0.1) is 0 Å². The standard InChI is InChI=1S/C20H19Cl2N3OS/c1-12(27-18-11-13(21)8-9-14(18)22)20(26)25-10-4-7-17(25)19-23-15-5-2-3-6-16(15)24-19/h2-3,5-6,8-9,11-12,17H,4,7,10H2,1H3,(H,23,24). The zero-order valence-corrected chi connectivity index (χ0v) is 17.1. The second-order valence-corrected chi connectivity index (χ2v) is 8.89. The second-order valence-electron chi connectivity index (χ2n) is 6.66. The van der Waals surface area contributed by atoms with Crippen molar-refractivity contribution in [2.75, 3.05) is 6.54 Å². The monoisotopic (exact) mass is 419 g/mol.